The molecule has 2 aromatic heterocycles. The van der Waals surface area contributed by atoms with Crippen molar-refractivity contribution in [3.8, 4) is 10.6 Å². The second-order valence-electron chi connectivity index (χ2n) is 9.73. The van der Waals surface area contributed by atoms with Crippen LogP contribution in [-0.4, -0.2) is 33.6 Å². The Morgan fingerprint density at radius 1 is 1.05 bits per heavy atom. The van der Waals surface area contributed by atoms with Crippen LogP contribution in [0, 0.1) is 6.92 Å². The van der Waals surface area contributed by atoms with E-state index < -0.39 is 11.9 Å². The van der Waals surface area contributed by atoms with Gasteiger partial charge in [0.1, 0.15) is 11.0 Å². The molecule has 3 heterocycles. The van der Waals surface area contributed by atoms with E-state index in [1.165, 1.54) is 26.7 Å². The molecule has 9 heteroatoms. The van der Waals surface area contributed by atoms with Gasteiger partial charge in [0.2, 0.25) is 11.8 Å². The zero-order chi connectivity index (χ0) is 27.8. The number of carbonyl (C=O) groups is 3. The molecule has 5 aromatic rings. The molecule has 6 rings (SSSR count). The standard InChI is InChI=1S/C31H24ClN3O3S2/c1-19-4-13-25-27(15-19)40-30(33-25)21-7-11-23(12-8-21)35-29(37)17-26(31(35)38)34(18-24-3-2-14-39-24)28(36)16-20-5-9-22(32)10-6-20/h2-15,26H,16-18H2,1H3. The van der Waals surface area contributed by atoms with Gasteiger partial charge in [-0.15, -0.1) is 22.7 Å². The number of anilines is 1. The van der Waals surface area contributed by atoms with Crippen molar-refractivity contribution in [2.24, 2.45) is 0 Å². The molecule has 0 saturated carbocycles. The minimum atomic E-state index is -0.874. The second-order valence-corrected chi connectivity index (χ2v) is 12.2. The molecule has 3 amide bonds. The zero-order valence-electron chi connectivity index (χ0n) is 21.5. The van der Waals surface area contributed by atoms with Gasteiger partial charge in [0.15, 0.2) is 0 Å². The minimum Gasteiger partial charge on any atom is -0.325 e. The van der Waals surface area contributed by atoms with E-state index in [-0.39, 0.29) is 31.2 Å². The van der Waals surface area contributed by atoms with Gasteiger partial charge in [0.05, 0.1) is 35.3 Å². The van der Waals surface area contributed by atoms with Crippen LogP contribution in [0.25, 0.3) is 20.8 Å². The summed E-state index contributed by atoms with van der Waals surface area (Å²) in [4.78, 5) is 48.8. The van der Waals surface area contributed by atoms with E-state index in [0.717, 1.165) is 31.2 Å². The first kappa shape index (κ1) is 26.4. The number of amides is 3. The highest BCUT2D eigenvalue weighted by Gasteiger charge is 2.44. The Morgan fingerprint density at radius 2 is 1.82 bits per heavy atom. The number of thiophene rings is 1. The maximum absolute atomic E-state index is 13.7. The molecule has 1 atom stereocenters. The molecule has 0 bridgehead atoms. The number of thiazole rings is 1. The molecule has 6 nitrogen and oxygen atoms in total. The Labute approximate surface area is 244 Å². The van der Waals surface area contributed by atoms with Gasteiger partial charge < -0.3 is 4.90 Å². The van der Waals surface area contributed by atoms with Gasteiger partial charge in [0.25, 0.3) is 5.91 Å². The zero-order valence-corrected chi connectivity index (χ0v) is 23.9. The summed E-state index contributed by atoms with van der Waals surface area (Å²) in [6.07, 6.45) is 0.0481. The van der Waals surface area contributed by atoms with E-state index in [4.69, 9.17) is 16.6 Å². The van der Waals surface area contributed by atoms with Crippen molar-refractivity contribution in [1.29, 1.82) is 0 Å². The first-order chi connectivity index (χ1) is 19.4. The highest BCUT2D eigenvalue weighted by Crippen LogP contribution is 2.33. The van der Waals surface area contributed by atoms with Gasteiger partial charge in [-0.25, -0.2) is 9.88 Å². The van der Waals surface area contributed by atoms with Crippen LogP contribution in [0.5, 0.6) is 0 Å². The maximum Gasteiger partial charge on any atom is 0.257 e. The molecule has 200 valence electrons. The van der Waals surface area contributed by atoms with Crippen LogP contribution < -0.4 is 4.90 Å². The molecule has 40 heavy (non-hydrogen) atoms. The van der Waals surface area contributed by atoms with E-state index in [2.05, 4.69) is 13.0 Å². The van der Waals surface area contributed by atoms with Gasteiger partial charge >= 0.3 is 0 Å². The summed E-state index contributed by atoms with van der Waals surface area (Å²) >= 11 is 9.12. The summed E-state index contributed by atoms with van der Waals surface area (Å²) in [6, 6.07) is 23.5. The molecule has 0 N–H and O–H groups in total. The van der Waals surface area contributed by atoms with Crippen LogP contribution in [0.3, 0.4) is 0 Å². The number of hydrogen-bond acceptors (Lipinski definition) is 6. The largest absolute Gasteiger partial charge is 0.325 e. The fourth-order valence-electron chi connectivity index (χ4n) is 4.86. The molecule has 1 saturated heterocycles. The Morgan fingerprint density at radius 3 is 2.55 bits per heavy atom. The number of hydrogen-bond donors (Lipinski definition) is 0. The highest BCUT2D eigenvalue weighted by molar-refractivity contribution is 7.21. The molecule has 0 aliphatic carbocycles. The maximum atomic E-state index is 13.7. The molecule has 1 unspecified atom stereocenters. The number of rotatable bonds is 7. The summed E-state index contributed by atoms with van der Waals surface area (Å²) in [6.45, 7) is 2.31. The number of aryl methyl sites for hydroxylation is 1. The number of halogens is 1. The number of fused-ring (bicyclic) bond motifs is 1. The Kier molecular flexibility index (Phi) is 7.23. The van der Waals surface area contributed by atoms with E-state index in [1.807, 2.05) is 41.8 Å². The third-order valence-electron chi connectivity index (χ3n) is 6.91. The van der Waals surface area contributed by atoms with Crippen molar-refractivity contribution in [3.05, 3.63) is 105 Å². The lowest BCUT2D eigenvalue weighted by Gasteiger charge is -2.27. The van der Waals surface area contributed by atoms with Crippen molar-refractivity contribution in [3.63, 3.8) is 0 Å². The van der Waals surface area contributed by atoms with Crippen molar-refractivity contribution in [2.45, 2.75) is 32.4 Å². The van der Waals surface area contributed by atoms with E-state index in [1.54, 1.807) is 47.7 Å². The first-order valence-corrected chi connectivity index (χ1v) is 14.8. The fraction of sp³-hybridized carbons (Fsp3) is 0.161. The summed E-state index contributed by atoms with van der Waals surface area (Å²) in [5.74, 6) is -0.937. The Balaban J connectivity index is 1.24. The molecule has 0 radical (unpaired) electrons. The van der Waals surface area contributed by atoms with Gasteiger partial charge in [-0.2, -0.15) is 0 Å². The number of nitrogens with zero attached hydrogens (tertiary/aromatic N) is 3. The van der Waals surface area contributed by atoms with Crippen LogP contribution in [-0.2, 0) is 27.3 Å². The lowest BCUT2D eigenvalue weighted by Crippen LogP contribution is -2.45. The summed E-state index contributed by atoms with van der Waals surface area (Å²) < 4.78 is 1.11. The molecule has 1 aliphatic rings. The average Bonchev–Trinajstić information content (AvgIpc) is 3.68. The van der Waals surface area contributed by atoms with Crippen molar-refractivity contribution in [1.82, 2.24) is 9.88 Å². The van der Waals surface area contributed by atoms with Gasteiger partial charge in [0, 0.05) is 15.5 Å². The second kappa shape index (κ2) is 11.0. The van der Waals surface area contributed by atoms with Crippen LogP contribution in [0.1, 0.15) is 22.4 Å². The van der Waals surface area contributed by atoms with E-state index in [0.29, 0.717) is 10.7 Å². The third kappa shape index (κ3) is 5.30. The number of aromatic nitrogens is 1. The van der Waals surface area contributed by atoms with E-state index >= 15 is 0 Å². The third-order valence-corrected chi connectivity index (χ3v) is 9.09. The van der Waals surface area contributed by atoms with Crippen molar-refractivity contribution < 1.29 is 14.4 Å². The first-order valence-electron chi connectivity index (χ1n) is 12.8. The van der Waals surface area contributed by atoms with Crippen LogP contribution in [0.2, 0.25) is 5.02 Å². The molecule has 1 fully saturated rings. The monoisotopic (exact) mass is 585 g/mol. The average molecular weight is 586 g/mol. The number of carbonyl (C=O) groups excluding carboxylic acids is 3. The fourth-order valence-corrected chi connectivity index (χ4v) is 6.76. The van der Waals surface area contributed by atoms with Gasteiger partial charge in [-0.05, 0) is 78.0 Å². The van der Waals surface area contributed by atoms with Gasteiger partial charge in [-0.1, -0.05) is 35.9 Å². The van der Waals surface area contributed by atoms with Crippen molar-refractivity contribution in [2.75, 3.05) is 4.90 Å². The minimum absolute atomic E-state index is 0.0600. The summed E-state index contributed by atoms with van der Waals surface area (Å²) in [7, 11) is 0. The van der Waals surface area contributed by atoms with Gasteiger partial charge in [-0.3, -0.25) is 14.4 Å². The highest BCUT2D eigenvalue weighted by atomic mass is 35.5. The number of imide groups is 1. The normalized spacial score (nSPS) is 15.2. The molecular formula is C31H24ClN3O3S2. The van der Waals surface area contributed by atoms with Crippen LogP contribution in [0.15, 0.2) is 84.2 Å². The van der Waals surface area contributed by atoms with E-state index in [9.17, 15) is 14.4 Å². The molecule has 0 spiro atoms. The predicted molar refractivity (Wildman–Crippen MR) is 161 cm³/mol. The Hall–Kier alpha value is -3.85. The SMILES string of the molecule is Cc1ccc2nc(-c3ccc(N4C(=O)CC(N(Cc5cccs5)C(=O)Cc5ccc(Cl)cc5)C4=O)cc3)sc2c1. The molecular weight excluding hydrogens is 562 g/mol. The molecule has 3 aromatic carbocycles. The molecule has 1 aliphatic heterocycles. The smallest absolute Gasteiger partial charge is 0.257 e. The predicted octanol–water partition coefficient (Wildman–Crippen LogP) is 6.89. The summed E-state index contributed by atoms with van der Waals surface area (Å²) in [5.41, 5.74) is 4.31. The van der Waals surface area contributed by atoms with Crippen LogP contribution in [0.4, 0.5) is 5.69 Å². The Bertz CT molecular complexity index is 1710. The van der Waals surface area contributed by atoms with Crippen LogP contribution >= 0.6 is 34.3 Å². The lowest BCUT2D eigenvalue weighted by atomic mass is 10.1. The topological polar surface area (TPSA) is 70.6 Å². The van der Waals surface area contributed by atoms with Crippen molar-refractivity contribution >= 4 is 67.9 Å². The summed E-state index contributed by atoms with van der Waals surface area (Å²) in [5, 5.41) is 3.39. The number of benzene rings is 3. The quantitative estimate of drug-likeness (QED) is 0.195. The lowest BCUT2D eigenvalue weighted by molar-refractivity contribution is -0.138.